The molecule has 0 saturated carbocycles. The predicted molar refractivity (Wildman–Crippen MR) is 92.3 cm³/mol. The minimum Gasteiger partial charge on any atom is -0.218 e. The highest BCUT2D eigenvalue weighted by Gasteiger charge is 2.32. The zero-order valence-corrected chi connectivity index (χ0v) is 14.2. The molecule has 116 valence electrons. The second-order valence-corrected chi connectivity index (χ2v) is 6.63. The zero-order chi connectivity index (χ0) is 15.9. The first kappa shape index (κ1) is 15.0. The topological polar surface area (TPSA) is 30.2 Å². The first-order valence-corrected chi connectivity index (χ1v) is 8.25. The van der Waals surface area contributed by atoms with E-state index >= 15 is 0 Å². The Balaban J connectivity index is 2.42. The van der Waals surface area contributed by atoms with Crippen molar-refractivity contribution in [3.63, 3.8) is 0 Å². The molecule has 0 fully saturated rings. The van der Waals surface area contributed by atoms with Crippen LogP contribution in [0.25, 0.3) is 16.4 Å². The Morgan fingerprint density at radius 2 is 2.05 bits per heavy atom. The van der Waals surface area contributed by atoms with Crippen molar-refractivity contribution in [2.75, 3.05) is 0 Å². The van der Waals surface area contributed by atoms with E-state index < -0.39 is 0 Å². The maximum absolute atomic E-state index is 4.55. The molecule has 1 aromatic carbocycles. The smallest absolute Gasteiger partial charge is 0.163 e. The van der Waals surface area contributed by atoms with Crippen LogP contribution < -0.4 is 0 Å². The van der Waals surface area contributed by atoms with Crippen molar-refractivity contribution in [2.24, 2.45) is 5.92 Å². The van der Waals surface area contributed by atoms with Gasteiger partial charge in [-0.05, 0) is 41.7 Å². The van der Waals surface area contributed by atoms with E-state index in [9.17, 15) is 0 Å². The van der Waals surface area contributed by atoms with Gasteiger partial charge in [-0.1, -0.05) is 52.3 Å². The summed E-state index contributed by atoms with van der Waals surface area (Å²) in [6.45, 7) is 11.4. The normalized spacial score (nSPS) is 16.0. The van der Waals surface area contributed by atoms with E-state index in [0.717, 1.165) is 17.8 Å². The summed E-state index contributed by atoms with van der Waals surface area (Å²) >= 11 is 0. The average Bonchev–Trinajstić information content (AvgIpc) is 3.03. The van der Waals surface area contributed by atoms with Crippen LogP contribution in [0.3, 0.4) is 0 Å². The Morgan fingerprint density at radius 1 is 1.27 bits per heavy atom. The van der Waals surface area contributed by atoms with Gasteiger partial charge in [0.1, 0.15) is 6.33 Å². The van der Waals surface area contributed by atoms with Gasteiger partial charge in [0.15, 0.2) is 5.65 Å². The van der Waals surface area contributed by atoms with Crippen LogP contribution in [0, 0.1) is 12.8 Å². The van der Waals surface area contributed by atoms with Crippen LogP contribution in [0.1, 0.15) is 51.8 Å². The number of hydrogen-bond acceptors (Lipinski definition) is 2. The lowest BCUT2D eigenvalue weighted by Crippen LogP contribution is -2.29. The first-order chi connectivity index (χ1) is 10.5. The molecule has 3 rings (SSSR count). The molecule has 3 aromatic rings. The molecule has 0 bridgehead atoms. The van der Waals surface area contributed by atoms with Gasteiger partial charge in [-0.15, -0.1) is 0 Å². The number of pyridine rings is 1. The maximum Gasteiger partial charge on any atom is 0.163 e. The lowest BCUT2D eigenvalue weighted by Gasteiger charge is -2.36. The molecule has 0 spiro atoms. The molecule has 2 unspecified atom stereocenters. The highest BCUT2D eigenvalue weighted by Crippen LogP contribution is 2.41. The summed E-state index contributed by atoms with van der Waals surface area (Å²) in [6.07, 6.45) is 3.95. The molecule has 0 N–H and O–H groups in total. The van der Waals surface area contributed by atoms with Crippen LogP contribution >= 0.6 is 0 Å². The lowest BCUT2D eigenvalue weighted by molar-refractivity contribution is 0.298. The van der Waals surface area contributed by atoms with Gasteiger partial charge < -0.3 is 0 Å². The van der Waals surface area contributed by atoms with Crippen molar-refractivity contribution >= 4 is 16.4 Å². The Labute approximate surface area is 132 Å². The number of nitrogens with zero attached hydrogens (tertiary/aromatic N) is 3. The number of fused-ring (bicyclic) bond motifs is 3. The third kappa shape index (κ3) is 2.03. The van der Waals surface area contributed by atoms with Crippen LogP contribution in [-0.4, -0.2) is 14.6 Å². The Bertz CT molecular complexity index is 818. The van der Waals surface area contributed by atoms with Crippen molar-refractivity contribution in [2.45, 2.75) is 52.9 Å². The molecule has 0 aliphatic heterocycles. The van der Waals surface area contributed by atoms with Crippen molar-refractivity contribution in [3.05, 3.63) is 41.9 Å². The van der Waals surface area contributed by atoms with Crippen molar-refractivity contribution < 1.29 is 0 Å². The molecular weight excluding hydrogens is 270 g/mol. The van der Waals surface area contributed by atoms with Crippen molar-refractivity contribution in [1.82, 2.24) is 14.6 Å². The molecule has 2 aromatic heterocycles. The van der Waals surface area contributed by atoms with Crippen LogP contribution in [0.15, 0.2) is 30.6 Å². The minimum absolute atomic E-state index is 0.149. The Kier molecular flexibility index (Phi) is 3.67. The first-order valence-electron chi connectivity index (χ1n) is 8.25. The number of hydrogen-bond donors (Lipinski definition) is 0. The van der Waals surface area contributed by atoms with Crippen LogP contribution in [0.2, 0.25) is 0 Å². The van der Waals surface area contributed by atoms with Crippen molar-refractivity contribution in [3.8, 4) is 0 Å². The number of aromatic nitrogens is 3. The second kappa shape index (κ2) is 5.38. The monoisotopic (exact) mass is 295 g/mol. The standard InChI is InChI=1S/C19H25N3/c1-6-13(3)19(5,7-2)16-10-8-9-15-11-14(4)22-18(17(15)16)20-12-21-22/h8-13H,6-7H2,1-5H3. The number of rotatable bonds is 4. The molecule has 0 aliphatic rings. The fourth-order valence-electron chi connectivity index (χ4n) is 3.63. The summed E-state index contributed by atoms with van der Waals surface area (Å²) in [5.41, 5.74) is 3.66. The van der Waals surface area contributed by atoms with Gasteiger partial charge >= 0.3 is 0 Å². The molecule has 0 amide bonds. The van der Waals surface area contributed by atoms with E-state index in [1.54, 1.807) is 6.33 Å². The van der Waals surface area contributed by atoms with Gasteiger partial charge in [0.25, 0.3) is 0 Å². The molecule has 3 nitrogen and oxygen atoms in total. The molecule has 0 saturated heterocycles. The third-order valence-electron chi connectivity index (χ3n) is 5.62. The van der Waals surface area contributed by atoms with Gasteiger partial charge in [-0.25, -0.2) is 9.50 Å². The lowest BCUT2D eigenvalue weighted by atomic mass is 9.68. The molecular formula is C19H25N3. The second-order valence-electron chi connectivity index (χ2n) is 6.63. The van der Waals surface area contributed by atoms with Crippen molar-refractivity contribution in [1.29, 1.82) is 0 Å². The summed E-state index contributed by atoms with van der Waals surface area (Å²) in [5, 5.41) is 6.91. The van der Waals surface area contributed by atoms with Gasteiger partial charge in [-0.2, -0.15) is 5.10 Å². The SMILES string of the molecule is CCC(C)C(C)(CC)c1cccc2cc(C)n3ncnc3c12. The molecule has 2 atom stereocenters. The summed E-state index contributed by atoms with van der Waals surface area (Å²) in [5.74, 6) is 0.618. The van der Waals surface area contributed by atoms with Crippen LogP contribution in [0.4, 0.5) is 0 Å². The maximum atomic E-state index is 4.55. The molecule has 22 heavy (non-hydrogen) atoms. The van der Waals surface area contributed by atoms with Gasteiger partial charge in [0, 0.05) is 11.1 Å². The van der Waals surface area contributed by atoms with E-state index in [2.05, 4.69) is 69.0 Å². The van der Waals surface area contributed by atoms with Gasteiger partial charge in [0.2, 0.25) is 0 Å². The van der Waals surface area contributed by atoms with Gasteiger partial charge in [0.05, 0.1) is 0 Å². The van der Waals surface area contributed by atoms with E-state index in [-0.39, 0.29) is 5.41 Å². The van der Waals surface area contributed by atoms with Gasteiger partial charge in [-0.3, -0.25) is 0 Å². The summed E-state index contributed by atoms with van der Waals surface area (Å²) in [4.78, 5) is 4.55. The van der Waals surface area contributed by atoms with Crippen LogP contribution in [-0.2, 0) is 5.41 Å². The summed E-state index contributed by atoms with van der Waals surface area (Å²) in [7, 11) is 0. The Hall–Kier alpha value is -1.90. The number of benzene rings is 1. The minimum atomic E-state index is 0.149. The van der Waals surface area contributed by atoms with E-state index in [4.69, 9.17) is 0 Å². The quantitative estimate of drug-likeness (QED) is 0.685. The molecule has 3 heteroatoms. The molecule has 0 radical (unpaired) electrons. The molecule has 0 aliphatic carbocycles. The van der Waals surface area contributed by atoms with E-state index in [1.807, 2.05) is 4.52 Å². The summed E-state index contributed by atoms with van der Waals surface area (Å²) in [6, 6.07) is 8.86. The number of aryl methyl sites for hydroxylation is 1. The fraction of sp³-hybridized carbons (Fsp3) is 0.474. The third-order valence-corrected chi connectivity index (χ3v) is 5.62. The molecule has 2 heterocycles. The predicted octanol–water partition coefficient (Wildman–Crippen LogP) is 4.90. The van der Waals surface area contributed by atoms with Crippen LogP contribution in [0.5, 0.6) is 0 Å². The van der Waals surface area contributed by atoms with E-state index in [1.165, 1.54) is 22.8 Å². The highest BCUT2D eigenvalue weighted by atomic mass is 15.3. The van der Waals surface area contributed by atoms with E-state index in [0.29, 0.717) is 5.92 Å². The zero-order valence-electron chi connectivity index (χ0n) is 14.2. The highest BCUT2D eigenvalue weighted by molar-refractivity contribution is 5.97. The largest absolute Gasteiger partial charge is 0.218 e. The summed E-state index contributed by atoms with van der Waals surface area (Å²) < 4.78 is 1.96. The fourth-order valence-corrected chi connectivity index (χ4v) is 3.63. The Morgan fingerprint density at radius 3 is 2.73 bits per heavy atom. The average molecular weight is 295 g/mol.